The Balaban J connectivity index is 0.923. The molecule has 3 heterocycles. The standard InChI is InChI=1S/C46H58F2N6O7/c1-30(33-12-11-13-34(26-33)46(47,48)29-55)49-44-38-27-39(59-3)43(60-4)37(42(38)50-31(2)51-44)14-9-7-5-6-8-10-21-53-22-24-54(25-23-53)41(57)28-61-35-17-15-32(16-18-35)36-19-20-40(56)52-45(36)58/h11-13,15-18,26-27,30,36,55H,5-10,14,19-25,28-29H2,1-4H3,(H,49,50,51)(H,52,56,58)/t30-,36?/m1/s1. The molecule has 0 saturated carbocycles. The maximum Gasteiger partial charge on any atom is 0.295 e. The summed E-state index contributed by atoms with van der Waals surface area (Å²) >= 11 is 0. The van der Waals surface area contributed by atoms with Crippen LogP contribution in [0.2, 0.25) is 0 Å². The molecule has 0 radical (unpaired) electrons. The zero-order valence-corrected chi connectivity index (χ0v) is 35.6. The fourth-order valence-corrected chi connectivity index (χ4v) is 8.14. The quantitative estimate of drug-likeness (QED) is 0.0633. The van der Waals surface area contributed by atoms with Gasteiger partial charge in [-0.3, -0.25) is 24.6 Å². The van der Waals surface area contributed by atoms with Crippen molar-refractivity contribution in [2.75, 3.05) is 65.5 Å². The minimum absolute atomic E-state index is 0.0420. The van der Waals surface area contributed by atoms with Gasteiger partial charge in [0.05, 0.1) is 25.7 Å². The molecule has 2 saturated heterocycles. The van der Waals surface area contributed by atoms with Gasteiger partial charge in [0.15, 0.2) is 18.1 Å². The number of ether oxygens (including phenoxy) is 3. The highest BCUT2D eigenvalue weighted by Crippen LogP contribution is 2.41. The molecular weight excluding hydrogens is 787 g/mol. The van der Waals surface area contributed by atoms with Gasteiger partial charge < -0.3 is 29.5 Å². The predicted molar refractivity (Wildman–Crippen MR) is 228 cm³/mol. The van der Waals surface area contributed by atoms with E-state index in [2.05, 4.69) is 15.5 Å². The Morgan fingerprint density at radius 1 is 0.967 bits per heavy atom. The number of piperazine rings is 1. The number of anilines is 1. The van der Waals surface area contributed by atoms with Gasteiger partial charge in [-0.15, -0.1) is 0 Å². The molecule has 328 valence electrons. The molecule has 0 aliphatic carbocycles. The monoisotopic (exact) mass is 844 g/mol. The van der Waals surface area contributed by atoms with Crippen LogP contribution in [0, 0.1) is 6.92 Å². The van der Waals surface area contributed by atoms with Gasteiger partial charge in [-0.25, -0.2) is 9.97 Å². The molecule has 0 spiro atoms. The number of nitrogens with one attached hydrogen (secondary N) is 2. The Kier molecular flexibility index (Phi) is 15.5. The number of carbonyl (C=O) groups excluding carboxylic acids is 3. The number of nitrogens with zero attached hydrogens (tertiary/aromatic N) is 4. The maximum absolute atomic E-state index is 14.3. The summed E-state index contributed by atoms with van der Waals surface area (Å²) in [6.07, 6.45) is 7.95. The molecule has 1 unspecified atom stereocenters. The average Bonchev–Trinajstić information content (AvgIpc) is 3.26. The number of aliphatic hydroxyl groups is 1. The molecule has 13 nitrogen and oxygen atoms in total. The van der Waals surface area contributed by atoms with Crippen molar-refractivity contribution in [2.45, 2.75) is 89.5 Å². The summed E-state index contributed by atoms with van der Waals surface area (Å²) in [7, 11) is 3.22. The number of carbonyl (C=O) groups is 3. The van der Waals surface area contributed by atoms with Crippen LogP contribution in [0.1, 0.15) is 98.3 Å². The summed E-state index contributed by atoms with van der Waals surface area (Å²) in [4.78, 5) is 50.3. The van der Waals surface area contributed by atoms with Crippen molar-refractivity contribution in [2.24, 2.45) is 0 Å². The van der Waals surface area contributed by atoms with Crippen molar-refractivity contribution in [3.05, 3.63) is 82.7 Å². The molecule has 2 atom stereocenters. The number of methoxy groups -OCH3 is 2. The molecule has 0 bridgehead atoms. The van der Waals surface area contributed by atoms with Crippen molar-refractivity contribution >= 4 is 34.4 Å². The fourth-order valence-electron chi connectivity index (χ4n) is 8.14. The van der Waals surface area contributed by atoms with Gasteiger partial charge in [-0.1, -0.05) is 56.0 Å². The summed E-state index contributed by atoms with van der Waals surface area (Å²) in [6, 6.07) is 14.7. The van der Waals surface area contributed by atoms with E-state index in [1.54, 1.807) is 38.5 Å². The van der Waals surface area contributed by atoms with Crippen LogP contribution in [-0.2, 0) is 26.7 Å². The number of halogens is 2. The fraction of sp³-hybridized carbons (Fsp3) is 0.500. The Morgan fingerprint density at radius 3 is 2.38 bits per heavy atom. The van der Waals surface area contributed by atoms with Gasteiger partial charge >= 0.3 is 0 Å². The van der Waals surface area contributed by atoms with Crippen molar-refractivity contribution in [3.63, 3.8) is 0 Å². The van der Waals surface area contributed by atoms with E-state index in [-0.39, 0.29) is 41.9 Å². The van der Waals surface area contributed by atoms with Crippen LogP contribution in [0.3, 0.4) is 0 Å². The van der Waals surface area contributed by atoms with Gasteiger partial charge in [0, 0.05) is 55.2 Å². The average molecular weight is 845 g/mol. The lowest BCUT2D eigenvalue weighted by Crippen LogP contribution is -2.50. The molecule has 3 amide bonds. The lowest BCUT2D eigenvalue weighted by atomic mass is 9.90. The van der Waals surface area contributed by atoms with Gasteiger partial charge in [0.2, 0.25) is 11.8 Å². The van der Waals surface area contributed by atoms with E-state index >= 15 is 0 Å². The van der Waals surface area contributed by atoms with E-state index in [0.29, 0.717) is 60.4 Å². The second-order valence-electron chi connectivity index (χ2n) is 15.9. The lowest BCUT2D eigenvalue weighted by molar-refractivity contribution is -0.135. The van der Waals surface area contributed by atoms with Crippen LogP contribution in [-0.4, -0.2) is 103 Å². The van der Waals surface area contributed by atoms with Crippen LogP contribution in [0.25, 0.3) is 10.9 Å². The highest BCUT2D eigenvalue weighted by Gasteiger charge is 2.31. The van der Waals surface area contributed by atoms with Gasteiger partial charge in [0.25, 0.3) is 11.8 Å². The van der Waals surface area contributed by atoms with E-state index in [1.807, 2.05) is 36.9 Å². The Morgan fingerprint density at radius 2 is 1.69 bits per heavy atom. The Hall–Kier alpha value is -5.41. The predicted octanol–water partition coefficient (Wildman–Crippen LogP) is 6.84. The van der Waals surface area contributed by atoms with E-state index in [9.17, 15) is 28.3 Å². The number of piperidine rings is 1. The normalized spacial score (nSPS) is 16.6. The number of aromatic nitrogens is 2. The van der Waals surface area contributed by atoms with Crippen LogP contribution >= 0.6 is 0 Å². The number of alkyl halides is 2. The molecule has 15 heteroatoms. The third-order valence-electron chi connectivity index (χ3n) is 11.7. The lowest BCUT2D eigenvalue weighted by Gasteiger charge is -2.34. The SMILES string of the molecule is COc1cc2c(N[C@H](C)c3cccc(C(F)(F)CO)c3)nc(C)nc2c(CCCCCCCCN2CCN(C(=O)COc3ccc(C4CCC(=O)NC4=O)cc3)CC2)c1OC. The second-order valence-corrected chi connectivity index (χ2v) is 15.9. The van der Waals surface area contributed by atoms with Crippen molar-refractivity contribution in [3.8, 4) is 17.2 Å². The second kappa shape index (κ2) is 20.9. The summed E-state index contributed by atoms with van der Waals surface area (Å²) in [5.41, 5.74) is 2.90. The molecule has 2 fully saturated rings. The molecule has 2 aliphatic heterocycles. The maximum atomic E-state index is 14.3. The highest BCUT2D eigenvalue weighted by atomic mass is 19.3. The smallest absolute Gasteiger partial charge is 0.295 e. The molecule has 3 N–H and O–H groups in total. The van der Waals surface area contributed by atoms with Crippen LogP contribution in [0.4, 0.5) is 14.6 Å². The number of aryl methyl sites for hydroxylation is 2. The van der Waals surface area contributed by atoms with Crippen molar-refractivity contribution in [1.29, 1.82) is 0 Å². The van der Waals surface area contributed by atoms with E-state index < -0.39 is 12.5 Å². The molecule has 1 aromatic heterocycles. The van der Waals surface area contributed by atoms with Gasteiger partial charge in [0.1, 0.15) is 24.0 Å². The van der Waals surface area contributed by atoms with Crippen molar-refractivity contribution in [1.82, 2.24) is 25.1 Å². The third kappa shape index (κ3) is 11.5. The summed E-state index contributed by atoms with van der Waals surface area (Å²) in [5, 5.41) is 15.7. The summed E-state index contributed by atoms with van der Waals surface area (Å²) < 4.78 is 45.9. The van der Waals surface area contributed by atoms with E-state index in [4.69, 9.17) is 24.2 Å². The van der Waals surface area contributed by atoms with Gasteiger partial charge in [-0.2, -0.15) is 8.78 Å². The number of rotatable bonds is 20. The van der Waals surface area contributed by atoms with Crippen molar-refractivity contribution < 1.29 is 42.5 Å². The van der Waals surface area contributed by atoms with Crippen LogP contribution in [0.5, 0.6) is 17.2 Å². The first-order chi connectivity index (χ1) is 29.4. The van der Waals surface area contributed by atoms with Crippen LogP contribution in [0.15, 0.2) is 54.6 Å². The summed E-state index contributed by atoms with van der Waals surface area (Å²) in [6.45, 7) is 6.39. The zero-order chi connectivity index (χ0) is 43.5. The molecule has 3 aromatic carbocycles. The highest BCUT2D eigenvalue weighted by molar-refractivity contribution is 6.01. The van der Waals surface area contributed by atoms with Crippen LogP contribution < -0.4 is 24.8 Å². The first-order valence-corrected chi connectivity index (χ1v) is 21.2. The Bertz CT molecular complexity index is 2150. The number of aliphatic hydroxyl groups excluding tert-OH is 1. The number of amides is 3. The van der Waals surface area contributed by atoms with E-state index in [1.165, 1.54) is 12.1 Å². The molecule has 2 aliphatic rings. The number of unbranched alkanes of at least 4 members (excludes halogenated alkanes) is 5. The molecule has 6 rings (SSSR count). The number of hydrogen-bond acceptors (Lipinski definition) is 11. The first-order valence-electron chi connectivity index (χ1n) is 21.2. The minimum atomic E-state index is -3.34. The number of imide groups is 1. The summed E-state index contributed by atoms with van der Waals surface area (Å²) in [5.74, 6) is -1.37. The number of hydrogen-bond donors (Lipinski definition) is 3. The van der Waals surface area contributed by atoms with E-state index in [0.717, 1.165) is 86.6 Å². The molecule has 61 heavy (non-hydrogen) atoms. The number of benzene rings is 3. The van der Waals surface area contributed by atoms with Gasteiger partial charge in [-0.05, 0) is 81.5 Å². The first kappa shape index (κ1) is 45.1. The molecule has 4 aromatic rings. The minimum Gasteiger partial charge on any atom is -0.493 e. The number of fused-ring (bicyclic) bond motifs is 1. The Labute approximate surface area is 356 Å². The topological polar surface area (TPSA) is 155 Å². The molecular formula is C46H58F2N6O7. The zero-order valence-electron chi connectivity index (χ0n) is 35.6. The largest absolute Gasteiger partial charge is 0.493 e. The third-order valence-corrected chi connectivity index (χ3v) is 11.7.